The Labute approximate surface area is 170 Å². The first-order valence-corrected chi connectivity index (χ1v) is 10.5. The van der Waals surface area contributed by atoms with E-state index >= 15 is 0 Å². The Balaban J connectivity index is 1.78. The summed E-state index contributed by atoms with van der Waals surface area (Å²) in [5.41, 5.74) is 1.65. The van der Waals surface area contributed by atoms with Crippen molar-refractivity contribution in [2.75, 3.05) is 13.1 Å². The van der Waals surface area contributed by atoms with Crippen LogP contribution in [0.3, 0.4) is 0 Å². The number of imidazole rings is 1. The van der Waals surface area contributed by atoms with E-state index in [1.54, 1.807) is 7.05 Å². The molecule has 1 aliphatic rings. The fourth-order valence-electron chi connectivity index (χ4n) is 4.53. The molecule has 3 heterocycles. The first-order valence-electron chi connectivity index (χ1n) is 10.5. The maximum atomic E-state index is 13.0. The van der Waals surface area contributed by atoms with Crippen molar-refractivity contribution in [1.29, 1.82) is 0 Å². The summed E-state index contributed by atoms with van der Waals surface area (Å²) < 4.78 is 4.73. The Morgan fingerprint density at radius 3 is 2.62 bits per heavy atom. The van der Waals surface area contributed by atoms with Crippen molar-refractivity contribution in [2.24, 2.45) is 20.0 Å². The fourth-order valence-corrected chi connectivity index (χ4v) is 4.53. The fraction of sp³-hybridized carbons (Fsp3) is 0.500. The Hall–Kier alpha value is -2.67. The first-order chi connectivity index (χ1) is 14.0. The molecule has 1 saturated heterocycles. The Morgan fingerprint density at radius 2 is 1.90 bits per heavy atom. The molecule has 154 valence electrons. The molecule has 29 heavy (non-hydrogen) atoms. The van der Waals surface area contributed by atoms with E-state index in [-0.39, 0.29) is 11.2 Å². The molecule has 1 unspecified atom stereocenters. The molecule has 2 aromatic heterocycles. The number of piperidine rings is 1. The van der Waals surface area contributed by atoms with Gasteiger partial charge in [-0.3, -0.25) is 13.9 Å². The van der Waals surface area contributed by atoms with Crippen LogP contribution in [0, 0.1) is 5.92 Å². The molecule has 3 aromatic rings. The quantitative estimate of drug-likeness (QED) is 0.683. The van der Waals surface area contributed by atoms with Gasteiger partial charge < -0.3 is 9.47 Å². The third-order valence-electron chi connectivity index (χ3n) is 6.17. The second kappa shape index (κ2) is 7.99. The molecule has 0 amide bonds. The van der Waals surface area contributed by atoms with Crippen LogP contribution in [0.4, 0.5) is 0 Å². The second-order valence-electron chi connectivity index (χ2n) is 8.42. The summed E-state index contributed by atoms with van der Waals surface area (Å²) in [7, 11) is 3.23. The lowest BCUT2D eigenvalue weighted by atomic mass is 10.0. The molecule has 1 aromatic carbocycles. The molecule has 0 radical (unpaired) electrons. The van der Waals surface area contributed by atoms with Crippen molar-refractivity contribution < 1.29 is 4.90 Å². The van der Waals surface area contributed by atoms with Crippen LogP contribution < -0.4 is 16.1 Å². The number of quaternary nitrogens is 1. The third-order valence-corrected chi connectivity index (χ3v) is 6.17. The largest absolute Gasteiger partial charge is 0.332 e. The number of fused-ring (bicyclic) bond motifs is 1. The number of hydrogen-bond donors (Lipinski definition) is 1. The average molecular weight is 397 g/mol. The maximum absolute atomic E-state index is 13.0. The van der Waals surface area contributed by atoms with Gasteiger partial charge in [0.25, 0.3) is 5.56 Å². The highest BCUT2D eigenvalue weighted by Gasteiger charge is 2.25. The summed E-state index contributed by atoms with van der Waals surface area (Å²) in [6, 6.07) is 10.3. The monoisotopic (exact) mass is 396 g/mol. The minimum Gasteiger partial charge on any atom is -0.328 e. The predicted molar refractivity (Wildman–Crippen MR) is 113 cm³/mol. The normalized spacial score (nSPS) is 19.7. The van der Waals surface area contributed by atoms with E-state index in [0.717, 1.165) is 31.9 Å². The van der Waals surface area contributed by atoms with E-state index in [1.807, 2.05) is 18.2 Å². The number of hydrogen-bond acceptors (Lipinski definition) is 3. The highest BCUT2D eigenvalue weighted by Crippen LogP contribution is 2.13. The van der Waals surface area contributed by atoms with Crippen molar-refractivity contribution >= 4 is 11.2 Å². The van der Waals surface area contributed by atoms with Crippen molar-refractivity contribution in [1.82, 2.24) is 18.7 Å². The molecular weight excluding hydrogens is 366 g/mol. The van der Waals surface area contributed by atoms with Gasteiger partial charge in [-0.1, -0.05) is 37.3 Å². The van der Waals surface area contributed by atoms with Crippen molar-refractivity contribution in [3.05, 3.63) is 62.6 Å². The molecule has 0 saturated carbocycles. The lowest BCUT2D eigenvalue weighted by Gasteiger charge is -2.27. The summed E-state index contributed by atoms with van der Waals surface area (Å²) in [4.78, 5) is 31.7. The van der Waals surface area contributed by atoms with Gasteiger partial charge >= 0.3 is 5.69 Å². The molecule has 7 heteroatoms. The third kappa shape index (κ3) is 3.79. The Morgan fingerprint density at radius 1 is 1.14 bits per heavy atom. The standard InChI is InChI=1S/C22H29N5O2/c1-16-8-7-12-26(14-16)15-18-23-20-19(21(28)25(3)22(29)24(20)2)27(18)13-11-17-9-5-4-6-10-17/h4-6,9-10,16H,7-8,11-15H2,1-3H3/p+1/t16-/m0/s1. The zero-order chi connectivity index (χ0) is 20.5. The molecule has 4 rings (SSSR count). The van der Waals surface area contributed by atoms with Crippen LogP contribution in [0.1, 0.15) is 31.2 Å². The highest BCUT2D eigenvalue weighted by atomic mass is 16.2. The van der Waals surface area contributed by atoms with Crippen molar-refractivity contribution in [3.63, 3.8) is 0 Å². The van der Waals surface area contributed by atoms with Crippen LogP contribution >= 0.6 is 0 Å². The van der Waals surface area contributed by atoms with Gasteiger partial charge in [-0.2, -0.15) is 0 Å². The summed E-state index contributed by atoms with van der Waals surface area (Å²) >= 11 is 0. The first kappa shape index (κ1) is 19.6. The molecule has 0 aliphatic carbocycles. The van der Waals surface area contributed by atoms with Gasteiger partial charge in [0.1, 0.15) is 6.54 Å². The topological polar surface area (TPSA) is 66.3 Å². The van der Waals surface area contributed by atoms with Gasteiger partial charge in [0.05, 0.1) is 13.1 Å². The summed E-state index contributed by atoms with van der Waals surface area (Å²) in [6.07, 6.45) is 3.32. The van der Waals surface area contributed by atoms with Gasteiger partial charge in [-0.15, -0.1) is 0 Å². The molecule has 7 nitrogen and oxygen atoms in total. The van der Waals surface area contributed by atoms with Crippen LogP contribution in [0.2, 0.25) is 0 Å². The molecule has 1 aliphatic heterocycles. The van der Waals surface area contributed by atoms with E-state index in [0.29, 0.717) is 23.6 Å². The number of benzene rings is 1. The zero-order valence-electron chi connectivity index (χ0n) is 17.5. The summed E-state index contributed by atoms with van der Waals surface area (Å²) in [5, 5.41) is 0. The van der Waals surface area contributed by atoms with E-state index in [2.05, 4.69) is 23.6 Å². The number of nitrogens with one attached hydrogen (secondary N) is 1. The maximum Gasteiger partial charge on any atom is 0.332 e. The van der Waals surface area contributed by atoms with Crippen molar-refractivity contribution in [2.45, 2.75) is 39.3 Å². The lowest BCUT2D eigenvalue weighted by Crippen LogP contribution is -3.12. The zero-order valence-corrected chi connectivity index (χ0v) is 17.5. The summed E-state index contributed by atoms with van der Waals surface area (Å²) in [6.45, 7) is 6.01. The van der Waals surface area contributed by atoms with Crippen molar-refractivity contribution in [3.8, 4) is 0 Å². The van der Waals surface area contributed by atoms with Gasteiger partial charge in [0.15, 0.2) is 17.0 Å². The molecule has 0 bridgehead atoms. The van der Waals surface area contributed by atoms with Crippen LogP contribution in [0.15, 0.2) is 39.9 Å². The molecule has 0 spiro atoms. The minimum atomic E-state index is -0.333. The number of nitrogens with zero attached hydrogens (tertiary/aromatic N) is 4. The van der Waals surface area contributed by atoms with E-state index in [1.165, 1.54) is 39.5 Å². The molecule has 2 atom stereocenters. The highest BCUT2D eigenvalue weighted by molar-refractivity contribution is 5.71. The summed E-state index contributed by atoms with van der Waals surface area (Å²) in [5.74, 6) is 1.61. The average Bonchev–Trinajstić information content (AvgIpc) is 3.08. The molecule has 1 fully saturated rings. The second-order valence-corrected chi connectivity index (χ2v) is 8.42. The SMILES string of the molecule is C[C@H]1CCC[NH+](Cc2nc3c(c(=O)n(C)c(=O)n3C)n2CCc2ccccc2)C1. The molecule has 1 N–H and O–H groups in total. The molecular formula is C22H30N5O2+. The smallest absolute Gasteiger partial charge is 0.328 e. The lowest BCUT2D eigenvalue weighted by molar-refractivity contribution is -0.922. The van der Waals surface area contributed by atoms with Gasteiger partial charge in [0.2, 0.25) is 0 Å². The Bertz CT molecular complexity index is 1130. The Kier molecular flexibility index (Phi) is 5.41. The van der Waals surface area contributed by atoms with E-state index in [4.69, 9.17) is 4.98 Å². The number of likely N-dealkylation sites (tertiary alicyclic amines) is 1. The predicted octanol–water partition coefficient (Wildman–Crippen LogP) is 0.491. The number of rotatable bonds is 5. The number of aryl methyl sites for hydroxylation is 3. The van der Waals surface area contributed by atoms with Gasteiger partial charge in [-0.25, -0.2) is 9.78 Å². The number of aromatic nitrogens is 4. The van der Waals surface area contributed by atoms with Crippen LogP contribution in [0.25, 0.3) is 11.2 Å². The van der Waals surface area contributed by atoms with E-state index in [9.17, 15) is 9.59 Å². The van der Waals surface area contributed by atoms with E-state index < -0.39 is 0 Å². The minimum absolute atomic E-state index is 0.267. The van der Waals surface area contributed by atoms with Crippen LogP contribution in [-0.4, -0.2) is 31.8 Å². The van der Waals surface area contributed by atoms with Crippen LogP contribution in [0.5, 0.6) is 0 Å². The van der Waals surface area contributed by atoms with Gasteiger partial charge in [0, 0.05) is 26.6 Å². The van der Waals surface area contributed by atoms with Crippen LogP contribution in [-0.2, 0) is 33.6 Å². The van der Waals surface area contributed by atoms with Gasteiger partial charge in [-0.05, 0) is 24.8 Å².